The van der Waals surface area contributed by atoms with Crippen LogP contribution in [0.1, 0.15) is 0 Å². The first-order valence-corrected chi connectivity index (χ1v) is 5.28. The second kappa shape index (κ2) is 4.58. The number of hydrogen-bond donors (Lipinski definition) is 2. The van der Waals surface area contributed by atoms with E-state index >= 15 is 0 Å². The lowest BCUT2D eigenvalue weighted by atomic mass is 10.4. The zero-order valence-corrected chi connectivity index (χ0v) is 9.28. The van der Waals surface area contributed by atoms with Gasteiger partial charge in [-0.05, 0) is 12.1 Å². The number of aromatic nitrogens is 7. The van der Waals surface area contributed by atoms with E-state index in [4.69, 9.17) is 0 Å². The first-order valence-electron chi connectivity index (χ1n) is 5.28. The van der Waals surface area contributed by atoms with Gasteiger partial charge in [0.05, 0.1) is 18.2 Å². The Morgan fingerprint density at radius 2 is 1.50 bits per heavy atom. The molecule has 0 aromatic carbocycles. The van der Waals surface area contributed by atoms with Crippen LogP contribution in [0.3, 0.4) is 0 Å². The van der Waals surface area contributed by atoms with Crippen molar-refractivity contribution in [2.45, 2.75) is 0 Å². The Balaban J connectivity index is 0.000000111. The van der Waals surface area contributed by atoms with Crippen LogP contribution < -0.4 is 0 Å². The van der Waals surface area contributed by atoms with E-state index in [-0.39, 0.29) is 0 Å². The van der Waals surface area contributed by atoms with E-state index in [1.165, 1.54) is 0 Å². The predicted octanol–water partition coefficient (Wildman–Crippen LogP) is 1.31. The van der Waals surface area contributed by atoms with Crippen LogP contribution in [0.5, 0.6) is 0 Å². The Morgan fingerprint density at radius 1 is 0.722 bits per heavy atom. The highest BCUT2D eigenvalue weighted by Gasteiger charge is 1.92. The highest BCUT2D eigenvalue weighted by Crippen LogP contribution is 2.01. The maximum Gasteiger partial charge on any atom is 0.197 e. The molecule has 4 rings (SSSR count). The molecule has 0 unspecified atom stereocenters. The van der Waals surface area contributed by atoms with Crippen molar-refractivity contribution in [3.63, 3.8) is 0 Å². The van der Waals surface area contributed by atoms with Crippen LogP contribution in [-0.4, -0.2) is 34.9 Å². The molecule has 0 saturated carbocycles. The highest BCUT2D eigenvalue weighted by molar-refractivity contribution is 5.68. The van der Waals surface area contributed by atoms with Crippen LogP contribution in [0.15, 0.2) is 43.4 Å². The van der Waals surface area contributed by atoms with Crippen LogP contribution in [0.2, 0.25) is 0 Å². The summed E-state index contributed by atoms with van der Waals surface area (Å²) in [5, 5.41) is 0. The summed E-state index contributed by atoms with van der Waals surface area (Å²) in [6.07, 6.45) is 8.18. The summed E-state index contributed by atoms with van der Waals surface area (Å²) >= 11 is 0. The molecule has 0 aliphatic carbocycles. The Hall–Kier alpha value is -2.83. The molecule has 0 atom stereocenters. The monoisotopic (exact) mass is 239 g/mol. The molecule has 7 nitrogen and oxygen atoms in total. The maximum atomic E-state index is 4.00. The van der Waals surface area contributed by atoms with Gasteiger partial charge in [-0.25, -0.2) is 24.9 Å². The minimum atomic E-state index is 0.664. The van der Waals surface area contributed by atoms with E-state index in [1.54, 1.807) is 31.2 Å². The average Bonchev–Trinajstić information content (AvgIpc) is 3.08. The maximum absolute atomic E-state index is 4.00. The third-order valence-corrected chi connectivity index (χ3v) is 2.26. The Labute approximate surface area is 101 Å². The fourth-order valence-corrected chi connectivity index (χ4v) is 1.46. The Bertz CT molecular complexity index is 631. The van der Waals surface area contributed by atoms with Gasteiger partial charge in [0.15, 0.2) is 16.9 Å². The molecule has 0 amide bonds. The molecule has 0 aliphatic heterocycles. The highest BCUT2D eigenvalue weighted by atomic mass is 15.0. The van der Waals surface area contributed by atoms with Gasteiger partial charge in [0.1, 0.15) is 0 Å². The average molecular weight is 239 g/mol. The van der Waals surface area contributed by atoms with Crippen molar-refractivity contribution in [2.75, 3.05) is 0 Å². The van der Waals surface area contributed by atoms with Crippen molar-refractivity contribution >= 4 is 22.5 Å². The molecule has 4 heterocycles. The molecule has 7 heteroatoms. The quantitative estimate of drug-likeness (QED) is 0.482. The van der Waals surface area contributed by atoms with Gasteiger partial charge in [0.2, 0.25) is 0 Å². The van der Waals surface area contributed by atoms with Gasteiger partial charge in [-0.2, -0.15) is 0 Å². The van der Waals surface area contributed by atoms with Crippen molar-refractivity contribution in [1.82, 2.24) is 34.9 Å². The lowest BCUT2D eigenvalue weighted by molar-refractivity contribution is 1.26. The summed E-state index contributed by atoms with van der Waals surface area (Å²) in [5.74, 6) is 0. The fourth-order valence-electron chi connectivity index (χ4n) is 1.46. The van der Waals surface area contributed by atoms with E-state index < -0.39 is 0 Å². The van der Waals surface area contributed by atoms with Gasteiger partial charge in [0.25, 0.3) is 0 Å². The van der Waals surface area contributed by atoms with Crippen LogP contribution in [-0.2, 0) is 0 Å². The van der Waals surface area contributed by atoms with Gasteiger partial charge in [-0.3, -0.25) is 0 Å². The lowest BCUT2D eigenvalue weighted by Crippen LogP contribution is -1.77. The van der Waals surface area contributed by atoms with Crippen LogP contribution in [0, 0.1) is 0 Å². The topological polar surface area (TPSA) is 96.0 Å². The number of pyridine rings is 1. The van der Waals surface area contributed by atoms with E-state index in [1.807, 2.05) is 12.1 Å². The second-order valence-corrected chi connectivity index (χ2v) is 3.41. The van der Waals surface area contributed by atoms with Gasteiger partial charge in [-0.1, -0.05) is 0 Å². The fraction of sp³-hybridized carbons (Fsp3) is 0. The molecule has 0 aliphatic rings. The van der Waals surface area contributed by atoms with Crippen LogP contribution >= 0.6 is 0 Å². The van der Waals surface area contributed by atoms with Crippen LogP contribution in [0.25, 0.3) is 22.5 Å². The lowest BCUT2D eigenvalue weighted by Gasteiger charge is -1.80. The molecule has 4 aromatic rings. The predicted molar refractivity (Wildman–Crippen MR) is 65.6 cm³/mol. The zero-order valence-electron chi connectivity index (χ0n) is 9.28. The summed E-state index contributed by atoms with van der Waals surface area (Å²) in [5.41, 5.74) is 3.16. The second-order valence-electron chi connectivity index (χ2n) is 3.41. The third kappa shape index (κ3) is 2.01. The number of hydrogen-bond acceptors (Lipinski definition) is 5. The van der Waals surface area contributed by atoms with Gasteiger partial charge in [0, 0.05) is 18.6 Å². The number of nitrogens with one attached hydrogen (secondary N) is 2. The molecule has 88 valence electrons. The van der Waals surface area contributed by atoms with E-state index in [9.17, 15) is 0 Å². The Morgan fingerprint density at radius 3 is 2.39 bits per heavy atom. The van der Waals surface area contributed by atoms with E-state index in [0.29, 0.717) is 5.65 Å². The molecule has 0 spiro atoms. The van der Waals surface area contributed by atoms with Crippen molar-refractivity contribution in [2.24, 2.45) is 0 Å². The molecular weight excluding hydrogens is 230 g/mol. The van der Waals surface area contributed by atoms with Crippen molar-refractivity contribution in [3.8, 4) is 0 Å². The largest absolute Gasteiger partial charge is 0.343 e. The molecule has 4 aromatic heterocycles. The number of fused-ring (bicyclic) bond motifs is 2. The van der Waals surface area contributed by atoms with Crippen molar-refractivity contribution < 1.29 is 0 Å². The molecule has 0 bridgehead atoms. The molecule has 0 saturated heterocycles. The third-order valence-electron chi connectivity index (χ3n) is 2.26. The SMILES string of the molecule is c1cnc2[nH]cnc2n1.c1cnc2nc[nH]c2c1. The van der Waals surface area contributed by atoms with Gasteiger partial charge < -0.3 is 9.97 Å². The van der Waals surface area contributed by atoms with Crippen LogP contribution in [0.4, 0.5) is 0 Å². The normalized spacial score (nSPS) is 10.2. The summed E-state index contributed by atoms with van der Waals surface area (Å²) in [7, 11) is 0. The number of imidazole rings is 2. The summed E-state index contributed by atoms with van der Waals surface area (Å²) in [6.45, 7) is 0. The minimum absolute atomic E-state index is 0.664. The summed E-state index contributed by atoms with van der Waals surface area (Å²) < 4.78 is 0. The number of H-pyrrole nitrogens is 2. The number of aromatic amines is 2. The van der Waals surface area contributed by atoms with E-state index in [0.717, 1.165) is 16.8 Å². The standard InChI is InChI=1S/C6H5N3.C5H4N4/c1-2-5-6(7-3-1)9-4-8-5;1-2-7-5-4(6-1)8-3-9-5/h1-4H,(H,7,8,9);1-3H,(H,6,7,8,9). The molecule has 18 heavy (non-hydrogen) atoms. The summed E-state index contributed by atoms with van der Waals surface area (Å²) in [4.78, 5) is 25.5. The van der Waals surface area contributed by atoms with Gasteiger partial charge >= 0.3 is 0 Å². The number of nitrogens with zero attached hydrogens (tertiary/aromatic N) is 5. The minimum Gasteiger partial charge on any atom is -0.343 e. The van der Waals surface area contributed by atoms with Crippen molar-refractivity contribution in [3.05, 3.63) is 43.4 Å². The molecule has 0 radical (unpaired) electrons. The summed E-state index contributed by atoms with van der Waals surface area (Å²) in [6, 6.07) is 3.82. The first-order chi connectivity index (χ1) is 8.93. The van der Waals surface area contributed by atoms with Crippen molar-refractivity contribution in [1.29, 1.82) is 0 Å². The number of rotatable bonds is 0. The smallest absolute Gasteiger partial charge is 0.197 e. The molecule has 0 fully saturated rings. The first kappa shape index (κ1) is 10.3. The van der Waals surface area contributed by atoms with Gasteiger partial charge in [-0.15, -0.1) is 0 Å². The zero-order chi connectivity index (χ0) is 12.2. The Kier molecular flexibility index (Phi) is 2.63. The molecular formula is C11H9N7. The van der Waals surface area contributed by atoms with E-state index in [2.05, 4.69) is 34.9 Å². The molecule has 2 N–H and O–H groups in total.